The number of rotatable bonds is 5. The molecule has 0 bridgehead atoms. The summed E-state index contributed by atoms with van der Waals surface area (Å²) in [5, 5.41) is 11.2. The number of nitrogens with one attached hydrogen (secondary N) is 1. The number of carbonyl (C=O) groups is 2. The number of carbonyl (C=O) groups excluding carboxylic acids is 1. The lowest BCUT2D eigenvalue weighted by Gasteiger charge is -2.15. The van der Waals surface area contributed by atoms with E-state index in [0.717, 1.165) is 5.56 Å². The monoisotopic (exact) mass is 251 g/mol. The van der Waals surface area contributed by atoms with Crippen molar-refractivity contribution in [2.45, 2.75) is 25.8 Å². The maximum atomic E-state index is 11.8. The fourth-order valence-electron chi connectivity index (χ4n) is 1.46. The normalized spacial score (nSPS) is 13.5. The molecule has 5 nitrogen and oxygen atoms in total. The second-order valence-corrected chi connectivity index (χ2v) is 4.07. The summed E-state index contributed by atoms with van der Waals surface area (Å²) < 4.78 is 5.08. The van der Waals surface area contributed by atoms with Crippen molar-refractivity contribution in [2.75, 3.05) is 7.11 Å². The van der Waals surface area contributed by atoms with E-state index in [0.29, 0.717) is 5.75 Å². The van der Waals surface area contributed by atoms with Crippen LogP contribution in [0.2, 0.25) is 0 Å². The second-order valence-electron chi connectivity index (χ2n) is 4.07. The van der Waals surface area contributed by atoms with E-state index in [9.17, 15) is 9.59 Å². The molecule has 1 rings (SSSR count). The summed E-state index contributed by atoms with van der Waals surface area (Å²) in [4.78, 5) is 22.5. The number of ether oxygens (including phenoxy) is 1. The lowest BCUT2D eigenvalue weighted by Crippen LogP contribution is -2.40. The molecule has 0 saturated heterocycles. The highest BCUT2D eigenvalue weighted by molar-refractivity contribution is 5.87. The average Bonchev–Trinajstić information content (AvgIpc) is 2.37. The summed E-state index contributed by atoms with van der Waals surface area (Å²) in [5.41, 5.74) is 0.782. The SMILES string of the molecule is COc1cccc(C(C)C(=O)NC(C)C(=O)O)c1. The Morgan fingerprint density at radius 2 is 2.00 bits per heavy atom. The van der Waals surface area contributed by atoms with Crippen LogP contribution < -0.4 is 10.1 Å². The first-order valence-corrected chi connectivity index (χ1v) is 5.62. The van der Waals surface area contributed by atoms with Crippen molar-refractivity contribution in [1.82, 2.24) is 5.32 Å². The number of hydrogen-bond acceptors (Lipinski definition) is 3. The van der Waals surface area contributed by atoms with Gasteiger partial charge >= 0.3 is 5.97 Å². The zero-order valence-electron chi connectivity index (χ0n) is 10.6. The van der Waals surface area contributed by atoms with Gasteiger partial charge in [-0.3, -0.25) is 9.59 Å². The average molecular weight is 251 g/mol. The van der Waals surface area contributed by atoms with Crippen LogP contribution >= 0.6 is 0 Å². The van der Waals surface area contributed by atoms with E-state index in [-0.39, 0.29) is 5.91 Å². The maximum Gasteiger partial charge on any atom is 0.325 e. The van der Waals surface area contributed by atoms with Crippen LogP contribution in [0.25, 0.3) is 0 Å². The number of aliphatic carboxylic acids is 1. The van der Waals surface area contributed by atoms with Crippen molar-refractivity contribution in [1.29, 1.82) is 0 Å². The molecule has 1 amide bonds. The predicted molar refractivity (Wildman–Crippen MR) is 66.6 cm³/mol. The van der Waals surface area contributed by atoms with Crippen LogP contribution in [-0.4, -0.2) is 30.1 Å². The third kappa shape index (κ3) is 3.48. The van der Waals surface area contributed by atoms with Gasteiger partial charge in [-0.2, -0.15) is 0 Å². The van der Waals surface area contributed by atoms with Gasteiger partial charge in [-0.1, -0.05) is 12.1 Å². The summed E-state index contributed by atoms with van der Waals surface area (Å²) in [6.45, 7) is 3.15. The molecule has 0 aromatic heterocycles. The van der Waals surface area contributed by atoms with Crippen molar-refractivity contribution >= 4 is 11.9 Å². The largest absolute Gasteiger partial charge is 0.497 e. The molecule has 5 heteroatoms. The first-order chi connectivity index (χ1) is 8.45. The fourth-order valence-corrected chi connectivity index (χ4v) is 1.46. The molecule has 0 aliphatic carbocycles. The molecule has 0 spiro atoms. The van der Waals surface area contributed by atoms with E-state index in [4.69, 9.17) is 9.84 Å². The summed E-state index contributed by atoms with van der Waals surface area (Å²) in [7, 11) is 1.55. The van der Waals surface area contributed by atoms with Crippen LogP contribution in [0.3, 0.4) is 0 Å². The Labute approximate surface area is 106 Å². The Morgan fingerprint density at radius 1 is 1.33 bits per heavy atom. The molecule has 0 fully saturated rings. The molecular weight excluding hydrogens is 234 g/mol. The smallest absolute Gasteiger partial charge is 0.325 e. The zero-order valence-corrected chi connectivity index (χ0v) is 10.6. The number of benzene rings is 1. The lowest BCUT2D eigenvalue weighted by molar-refractivity contribution is -0.141. The van der Waals surface area contributed by atoms with Crippen LogP contribution in [0.4, 0.5) is 0 Å². The van der Waals surface area contributed by atoms with Crippen LogP contribution in [0.5, 0.6) is 5.75 Å². The Balaban J connectivity index is 2.76. The third-order valence-corrected chi connectivity index (χ3v) is 2.72. The van der Waals surface area contributed by atoms with Gasteiger partial charge in [0.05, 0.1) is 13.0 Å². The molecule has 0 heterocycles. The molecule has 2 N–H and O–H groups in total. The molecule has 1 aromatic carbocycles. The Hall–Kier alpha value is -2.04. The van der Waals surface area contributed by atoms with Crippen molar-refractivity contribution in [3.05, 3.63) is 29.8 Å². The van der Waals surface area contributed by atoms with Gasteiger partial charge < -0.3 is 15.2 Å². The van der Waals surface area contributed by atoms with Crippen molar-refractivity contribution in [3.8, 4) is 5.75 Å². The topological polar surface area (TPSA) is 75.6 Å². The molecule has 0 aliphatic rings. The number of methoxy groups -OCH3 is 1. The fraction of sp³-hybridized carbons (Fsp3) is 0.385. The highest BCUT2D eigenvalue weighted by Crippen LogP contribution is 2.20. The van der Waals surface area contributed by atoms with E-state index >= 15 is 0 Å². The number of carboxylic acids is 1. The molecule has 0 radical (unpaired) electrons. The van der Waals surface area contributed by atoms with Gasteiger partial charge in [0.2, 0.25) is 5.91 Å². The first kappa shape index (κ1) is 14.0. The van der Waals surface area contributed by atoms with E-state index < -0.39 is 17.9 Å². The summed E-state index contributed by atoms with van der Waals surface area (Å²) in [5.74, 6) is -1.14. The predicted octanol–water partition coefficient (Wildman–Crippen LogP) is 1.39. The lowest BCUT2D eigenvalue weighted by atomic mass is 10.00. The third-order valence-electron chi connectivity index (χ3n) is 2.72. The Bertz CT molecular complexity index is 444. The molecule has 0 saturated carbocycles. The van der Waals surface area contributed by atoms with Gasteiger partial charge in [0.1, 0.15) is 11.8 Å². The quantitative estimate of drug-likeness (QED) is 0.829. The minimum atomic E-state index is -1.05. The summed E-state index contributed by atoms with van der Waals surface area (Å²) in [6.07, 6.45) is 0. The van der Waals surface area contributed by atoms with Gasteiger partial charge in [-0.05, 0) is 31.5 Å². The zero-order chi connectivity index (χ0) is 13.7. The molecule has 98 valence electrons. The van der Waals surface area contributed by atoms with Gasteiger partial charge in [-0.25, -0.2) is 0 Å². The minimum absolute atomic E-state index is 0.321. The minimum Gasteiger partial charge on any atom is -0.497 e. The highest BCUT2D eigenvalue weighted by Gasteiger charge is 2.20. The van der Waals surface area contributed by atoms with E-state index in [1.165, 1.54) is 6.92 Å². The van der Waals surface area contributed by atoms with E-state index in [2.05, 4.69) is 5.32 Å². The van der Waals surface area contributed by atoms with Gasteiger partial charge in [0.15, 0.2) is 0 Å². The van der Waals surface area contributed by atoms with Crippen molar-refractivity contribution < 1.29 is 19.4 Å². The molecule has 0 aliphatic heterocycles. The van der Waals surface area contributed by atoms with Crippen molar-refractivity contribution in [2.24, 2.45) is 0 Å². The second kappa shape index (κ2) is 6.05. The number of amides is 1. The van der Waals surface area contributed by atoms with Gasteiger partial charge in [-0.15, -0.1) is 0 Å². The van der Waals surface area contributed by atoms with Gasteiger partial charge in [0, 0.05) is 0 Å². The van der Waals surface area contributed by atoms with E-state index in [1.807, 2.05) is 0 Å². The molecule has 2 unspecified atom stereocenters. The van der Waals surface area contributed by atoms with E-state index in [1.54, 1.807) is 38.3 Å². The molecule has 1 aromatic rings. The van der Waals surface area contributed by atoms with Crippen LogP contribution in [0.1, 0.15) is 25.3 Å². The molecular formula is C13H17NO4. The number of hydrogen-bond donors (Lipinski definition) is 2. The van der Waals surface area contributed by atoms with Crippen LogP contribution in [-0.2, 0) is 9.59 Å². The van der Waals surface area contributed by atoms with Crippen LogP contribution in [0, 0.1) is 0 Å². The highest BCUT2D eigenvalue weighted by atomic mass is 16.5. The molecule has 2 atom stereocenters. The van der Waals surface area contributed by atoms with Crippen molar-refractivity contribution in [3.63, 3.8) is 0 Å². The van der Waals surface area contributed by atoms with Crippen LogP contribution in [0.15, 0.2) is 24.3 Å². The summed E-state index contributed by atoms with van der Waals surface area (Å²) in [6, 6.07) is 6.24. The maximum absolute atomic E-state index is 11.8. The van der Waals surface area contributed by atoms with Gasteiger partial charge in [0.25, 0.3) is 0 Å². The number of carboxylic acid groups (broad SMARTS) is 1. The first-order valence-electron chi connectivity index (χ1n) is 5.62. The standard InChI is InChI=1S/C13H17NO4/c1-8(12(15)14-9(2)13(16)17)10-5-4-6-11(7-10)18-3/h4-9H,1-3H3,(H,14,15)(H,16,17). The Kier molecular flexibility index (Phi) is 4.71. The Morgan fingerprint density at radius 3 is 2.56 bits per heavy atom. The summed E-state index contributed by atoms with van der Waals surface area (Å²) >= 11 is 0. The molecule has 18 heavy (non-hydrogen) atoms.